The average molecular weight is 266 g/mol. The molecule has 0 amide bonds. The molecule has 20 heavy (non-hydrogen) atoms. The van der Waals surface area contributed by atoms with Crippen LogP contribution in [0.3, 0.4) is 0 Å². The fraction of sp³-hybridized carbons (Fsp3) is 0.118. The molecule has 3 aromatic rings. The van der Waals surface area contributed by atoms with Crippen molar-refractivity contribution in [2.45, 2.75) is 6.54 Å². The van der Waals surface area contributed by atoms with Gasteiger partial charge in [0.2, 0.25) is 0 Å². The molecule has 0 spiro atoms. The smallest absolute Gasteiger partial charge is 0.123 e. The Morgan fingerprint density at radius 2 is 1.90 bits per heavy atom. The van der Waals surface area contributed by atoms with Gasteiger partial charge in [0.15, 0.2) is 0 Å². The number of hydrogen-bond acceptors (Lipinski definition) is 2. The summed E-state index contributed by atoms with van der Waals surface area (Å²) < 4.78 is 13.6. The van der Waals surface area contributed by atoms with Gasteiger partial charge in [-0.3, -0.25) is 4.98 Å². The van der Waals surface area contributed by atoms with Crippen LogP contribution in [0.25, 0.3) is 21.9 Å². The summed E-state index contributed by atoms with van der Waals surface area (Å²) in [6.45, 7) is 0.693. The standard InChI is InChI=1S/C17H15FN2/c1-19-9-13-6-7-14(18)8-16(13)17-11-20-10-12-4-2-3-5-15(12)17/h2-8,10-11,19H,9H2,1H3. The van der Waals surface area contributed by atoms with E-state index < -0.39 is 0 Å². The molecule has 0 aliphatic carbocycles. The van der Waals surface area contributed by atoms with Crippen LogP contribution in [0.2, 0.25) is 0 Å². The van der Waals surface area contributed by atoms with Crippen LogP contribution in [-0.2, 0) is 6.54 Å². The van der Waals surface area contributed by atoms with E-state index in [0.29, 0.717) is 6.54 Å². The van der Waals surface area contributed by atoms with E-state index in [9.17, 15) is 4.39 Å². The van der Waals surface area contributed by atoms with Gasteiger partial charge in [0.1, 0.15) is 5.82 Å². The summed E-state index contributed by atoms with van der Waals surface area (Å²) in [6, 6.07) is 12.9. The first-order valence-corrected chi connectivity index (χ1v) is 6.56. The molecule has 1 N–H and O–H groups in total. The SMILES string of the molecule is CNCc1ccc(F)cc1-c1cncc2ccccc12. The van der Waals surface area contributed by atoms with Crippen LogP contribution >= 0.6 is 0 Å². The van der Waals surface area contributed by atoms with Crippen molar-refractivity contribution >= 4 is 10.8 Å². The molecule has 3 rings (SSSR count). The van der Waals surface area contributed by atoms with Gasteiger partial charge in [-0.25, -0.2) is 4.39 Å². The fourth-order valence-electron chi connectivity index (χ4n) is 2.48. The number of halogens is 1. The van der Waals surface area contributed by atoms with E-state index >= 15 is 0 Å². The van der Waals surface area contributed by atoms with Crippen molar-refractivity contribution in [3.05, 3.63) is 66.2 Å². The topological polar surface area (TPSA) is 24.9 Å². The first-order valence-electron chi connectivity index (χ1n) is 6.56. The molecule has 0 atom stereocenters. The van der Waals surface area contributed by atoms with Gasteiger partial charge >= 0.3 is 0 Å². The largest absolute Gasteiger partial charge is 0.316 e. The number of pyridine rings is 1. The molecule has 2 aromatic carbocycles. The number of benzene rings is 2. The monoisotopic (exact) mass is 266 g/mol. The number of nitrogens with one attached hydrogen (secondary N) is 1. The van der Waals surface area contributed by atoms with E-state index in [0.717, 1.165) is 27.5 Å². The Kier molecular flexibility index (Phi) is 3.44. The first kappa shape index (κ1) is 12.8. The summed E-state index contributed by atoms with van der Waals surface area (Å²) >= 11 is 0. The summed E-state index contributed by atoms with van der Waals surface area (Å²) in [7, 11) is 1.88. The van der Waals surface area contributed by atoms with Gasteiger partial charge in [-0.05, 0) is 35.7 Å². The molecule has 0 aliphatic rings. The molecule has 0 saturated carbocycles. The molecular formula is C17H15FN2. The van der Waals surface area contributed by atoms with Gasteiger partial charge in [0, 0.05) is 29.9 Å². The molecular weight excluding hydrogens is 251 g/mol. The van der Waals surface area contributed by atoms with Crippen molar-refractivity contribution in [3.8, 4) is 11.1 Å². The number of hydrogen-bond donors (Lipinski definition) is 1. The van der Waals surface area contributed by atoms with Crippen LogP contribution < -0.4 is 5.32 Å². The highest BCUT2D eigenvalue weighted by atomic mass is 19.1. The summed E-state index contributed by atoms with van der Waals surface area (Å²) in [4.78, 5) is 4.28. The molecule has 0 radical (unpaired) electrons. The molecule has 0 saturated heterocycles. The van der Waals surface area contributed by atoms with E-state index in [-0.39, 0.29) is 5.82 Å². The van der Waals surface area contributed by atoms with Gasteiger partial charge in [0.25, 0.3) is 0 Å². The quantitative estimate of drug-likeness (QED) is 0.780. The Hall–Kier alpha value is -2.26. The zero-order chi connectivity index (χ0) is 13.9. The predicted molar refractivity (Wildman–Crippen MR) is 79.9 cm³/mol. The first-order chi connectivity index (χ1) is 9.79. The van der Waals surface area contributed by atoms with Crippen molar-refractivity contribution in [1.29, 1.82) is 0 Å². The van der Waals surface area contributed by atoms with Crippen molar-refractivity contribution in [3.63, 3.8) is 0 Å². The van der Waals surface area contributed by atoms with Crippen LogP contribution in [0.1, 0.15) is 5.56 Å². The van der Waals surface area contributed by atoms with E-state index in [1.165, 1.54) is 6.07 Å². The molecule has 100 valence electrons. The Balaban J connectivity index is 2.27. The zero-order valence-electron chi connectivity index (χ0n) is 11.2. The molecule has 1 aromatic heterocycles. The minimum absolute atomic E-state index is 0.229. The minimum atomic E-state index is -0.229. The second-order valence-electron chi connectivity index (χ2n) is 4.74. The third-order valence-corrected chi connectivity index (χ3v) is 3.40. The number of nitrogens with zero attached hydrogens (tertiary/aromatic N) is 1. The highest BCUT2D eigenvalue weighted by Crippen LogP contribution is 2.30. The van der Waals surface area contributed by atoms with Gasteiger partial charge in [-0.15, -0.1) is 0 Å². The van der Waals surface area contributed by atoms with Crippen molar-refractivity contribution in [1.82, 2.24) is 10.3 Å². The second kappa shape index (κ2) is 5.39. The van der Waals surface area contributed by atoms with Gasteiger partial charge in [0.05, 0.1) is 0 Å². The normalized spacial score (nSPS) is 10.9. The lowest BCUT2D eigenvalue weighted by molar-refractivity contribution is 0.627. The Bertz CT molecular complexity index is 748. The van der Waals surface area contributed by atoms with Gasteiger partial charge in [-0.1, -0.05) is 30.3 Å². The van der Waals surface area contributed by atoms with Crippen molar-refractivity contribution in [2.24, 2.45) is 0 Å². The average Bonchev–Trinajstić information content (AvgIpc) is 2.49. The van der Waals surface area contributed by atoms with Gasteiger partial charge in [-0.2, -0.15) is 0 Å². The van der Waals surface area contributed by atoms with Crippen LogP contribution in [-0.4, -0.2) is 12.0 Å². The van der Waals surface area contributed by atoms with Crippen LogP contribution in [0.5, 0.6) is 0 Å². The Labute approximate surface area is 117 Å². The maximum atomic E-state index is 13.6. The lowest BCUT2D eigenvalue weighted by Crippen LogP contribution is -2.06. The molecule has 0 fully saturated rings. The maximum absolute atomic E-state index is 13.6. The van der Waals surface area contributed by atoms with Crippen molar-refractivity contribution in [2.75, 3.05) is 7.05 Å². The predicted octanol–water partition coefficient (Wildman–Crippen LogP) is 3.76. The fourth-order valence-corrected chi connectivity index (χ4v) is 2.48. The lowest BCUT2D eigenvalue weighted by atomic mass is 9.96. The summed E-state index contributed by atoms with van der Waals surface area (Å²) in [5, 5.41) is 5.27. The van der Waals surface area contributed by atoms with Gasteiger partial charge < -0.3 is 5.32 Å². The highest BCUT2D eigenvalue weighted by Gasteiger charge is 2.10. The number of fused-ring (bicyclic) bond motifs is 1. The third-order valence-electron chi connectivity index (χ3n) is 3.40. The minimum Gasteiger partial charge on any atom is -0.316 e. The van der Waals surface area contributed by atoms with Crippen LogP contribution in [0.4, 0.5) is 4.39 Å². The summed E-state index contributed by atoms with van der Waals surface area (Å²) in [5.74, 6) is -0.229. The molecule has 0 unspecified atom stereocenters. The highest BCUT2D eigenvalue weighted by molar-refractivity contribution is 5.96. The van der Waals surface area contributed by atoms with Crippen LogP contribution in [0, 0.1) is 5.82 Å². The molecule has 2 nitrogen and oxygen atoms in total. The third kappa shape index (κ3) is 2.28. The molecule has 0 bridgehead atoms. The molecule has 0 aliphatic heterocycles. The molecule has 3 heteroatoms. The van der Waals surface area contributed by atoms with Crippen molar-refractivity contribution < 1.29 is 4.39 Å². The Morgan fingerprint density at radius 1 is 1.05 bits per heavy atom. The molecule has 1 heterocycles. The van der Waals surface area contributed by atoms with E-state index in [1.54, 1.807) is 12.3 Å². The summed E-state index contributed by atoms with van der Waals surface area (Å²) in [5.41, 5.74) is 2.92. The van der Waals surface area contributed by atoms with E-state index in [1.807, 2.05) is 43.6 Å². The lowest BCUT2D eigenvalue weighted by Gasteiger charge is -2.12. The number of rotatable bonds is 3. The van der Waals surface area contributed by atoms with E-state index in [2.05, 4.69) is 10.3 Å². The Morgan fingerprint density at radius 3 is 2.75 bits per heavy atom. The van der Waals surface area contributed by atoms with Crippen LogP contribution in [0.15, 0.2) is 54.9 Å². The summed E-state index contributed by atoms with van der Waals surface area (Å²) in [6.07, 6.45) is 3.63. The second-order valence-corrected chi connectivity index (χ2v) is 4.74. The number of aromatic nitrogens is 1. The maximum Gasteiger partial charge on any atom is 0.123 e. The van der Waals surface area contributed by atoms with E-state index in [4.69, 9.17) is 0 Å². The zero-order valence-corrected chi connectivity index (χ0v) is 11.2.